The third kappa shape index (κ3) is 4.52. The van der Waals surface area contributed by atoms with Crippen LogP contribution in [-0.2, 0) is 6.18 Å². The van der Waals surface area contributed by atoms with E-state index in [4.69, 9.17) is 5.26 Å². The van der Waals surface area contributed by atoms with E-state index in [9.17, 15) is 13.2 Å². The van der Waals surface area contributed by atoms with E-state index in [0.29, 0.717) is 16.9 Å². The van der Waals surface area contributed by atoms with Crippen LogP contribution in [0.1, 0.15) is 16.7 Å². The Kier molecular flexibility index (Phi) is 4.94. The Morgan fingerprint density at radius 1 is 0.926 bits per heavy atom. The number of nitrogens with one attached hydrogen (secondary N) is 2. The Balaban J connectivity index is 1.92. The predicted octanol–water partition coefficient (Wildman–Crippen LogP) is 5.16. The van der Waals surface area contributed by atoms with E-state index in [1.54, 1.807) is 48.5 Å². The van der Waals surface area contributed by atoms with Crippen LogP contribution in [0.5, 0.6) is 0 Å². The van der Waals surface area contributed by atoms with Crippen molar-refractivity contribution in [3.8, 4) is 6.07 Å². The molecule has 27 heavy (non-hydrogen) atoms. The summed E-state index contributed by atoms with van der Waals surface area (Å²) in [5.74, 6) is -0.347. The molecule has 0 bridgehead atoms. The van der Waals surface area contributed by atoms with Gasteiger partial charge in [-0.2, -0.15) is 23.4 Å². The molecule has 0 saturated heterocycles. The van der Waals surface area contributed by atoms with E-state index in [2.05, 4.69) is 20.6 Å². The number of benzene rings is 2. The summed E-state index contributed by atoms with van der Waals surface area (Å²) in [5.41, 5.74) is 1.52. The minimum absolute atomic E-state index is 0.00215. The number of halogens is 3. The highest BCUT2D eigenvalue weighted by atomic mass is 19.4. The lowest BCUT2D eigenvalue weighted by Crippen LogP contribution is -2.12. The Morgan fingerprint density at radius 2 is 1.52 bits per heavy atom. The number of hydrogen-bond donors (Lipinski definition) is 2. The number of alkyl halides is 3. The zero-order chi connectivity index (χ0) is 19.4. The first kappa shape index (κ1) is 18.2. The minimum atomic E-state index is -4.60. The fraction of sp³-hybridized carbons (Fsp3) is 0.105. The molecule has 1 heterocycles. The Bertz CT molecular complexity index is 974. The molecular weight excluding hydrogens is 355 g/mol. The smallest absolute Gasteiger partial charge is 0.340 e. The first-order valence-corrected chi connectivity index (χ1v) is 7.90. The summed E-state index contributed by atoms with van der Waals surface area (Å²) in [6.45, 7) is 1.88. The van der Waals surface area contributed by atoms with E-state index < -0.39 is 11.7 Å². The van der Waals surface area contributed by atoms with Crippen LogP contribution in [0.25, 0.3) is 0 Å². The monoisotopic (exact) mass is 369 g/mol. The van der Waals surface area contributed by atoms with Crippen LogP contribution in [-0.4, -0.2) is 9.97 Å². The molecule has 0 amide bonds. The van der Waals surface area contributed by atoms with Crippen molar-refractivity contribution in [1.82, 2.24) is 9.97 Å². The molecule has 0 aliphatic rings. The second kappa shape index (κ2) is 7.33. The van der Waals surface area contributed by atoms with Gasteiger partial charge in [-0.1, -0.05) is 17.7 Å². The Morgan fingerprint density at radius 3 is 2.11 bits per heavy atom. The summed E-state index contributed by atoms with van der Waals surface area (Å²) in [6.07, 6.45) is -3.87. The summed E-state index contributed by atoms with van der Waals surface area (Å²) in [6, 6.07) is 15.3. The average molecular weight is 369 g/mol. The maximum Gasteiger partial charge on any atom is 0.421 e. The zero-order valence-corrected chi connectivity index (χ0v) is 14.2. The molecule has 8 heteroatoms. The van der Waals surface area contributed by atoms with Gasteiger partial charge in [0.25, 0.3) is 0 Å². The topological polar surface area (TPSA) is 73.6 Å². The van der Waals surface area contributed by atoms with Gasteiger partial charge in [0.05, 0.1) is 11.6 Å². The maximum absolute atomic E-state index is 13.3. The molecule has 1 aromatic heterocycles. The van der Waals surface area contributed by atoms with Crippen LogP contribution in [0, 0.1) is 18.3 Å². The van der Waals surface area contributed by atoms with E-state index >= 15 is 0 Å². The molecule has 0 atom stereocenters. The van der Waals surface area contributed by atoms with Gasteiger partial charge in [-0.15, -0.1) is 0 Å². The number of aryl methyl sites for hydroxylation is 1. The molecule has 3 aromatic rings. The first-order chi connectivity index (χ1) is 12.8. The average Bonchev–Trinajstić information content (AvgIpc) is 2.63. The second-order valence-corrected chi connectivity index (χ2v) is 5.76. The summed E-state index contributed by atoms with van der Waals surface area (Å²) in [7, 11) is 0. The molecule has 5 nitrogen and oxygen atoms in total. The Labute approximate surface area is 153 Å². The molecule has 136 valence electrons. The largest absolute Gasteiger partial charge is 0.421 e. The minimum Gasteiger partial charge on any atom is -0.340 e. The second-order valence-electron chi connectivity index (χ2n) is 5.76. The lowest BCUT2D eigenvalue weighted by Gasteiger charge is -2.15. The van der Waals surface area contributed by atoms with E-state index in [-0.39, 0.29) is 11.8 Å². The molecule has 0 aliphatic heterocycles. The van der Waals surface area contributed by atoms with Crippen molar-refractivity contribution in [3.63, 3.8) is 0 Å². The molecule has 0 radical (unpaired) electrons. The van der Waals surface area contributed by atoms with Crippen LogP contribution >= 0.6 is 0 Å². The van der Waals surface area contributed by atoms with E-state index in [1.165, 1.54) is 0 Å². The van der Waals surface area contributed by atoms with Crippen molar-refractivity contribution in [1.29, 1.82) is 5.26 Å². The highest BCUT2D eigenvalue weighted by molar-refractivity contribution is 5.63. The zero-order valence-electron chi connectivity index (χ0n) is 14.2. The Hall–Kier alpha value is -3.60. The van der Waals surface area contributed by atoms with E-state index in [1.807, 2.05) is 13.0 Å². The molecule has 0 unspecified atom stereocenters. The fourth-order valence-electron chi connectivity index (χ4n) is 2.28. The maximum atomic E-state index is 13.3. The van der Waals surface area contributed by atoms with Crippen LogP contribution < -0.4 is 10.6 Å². The number of aromatic nitrogens is 2. The lowest BCUT2D eigenvalue weighted by molar-refractivity contribution is -0.137. The van der Waals surface area contributed by atoms with Crippen molar-refractivity contribution >= 4 is 23.1 Å². The van der Waals surface area contributed by atoms with Crippen molar-refractivity contribution in [2.24, 2.45) is 0 Å². The van der Waals surface area contributed by atoms with Crippen LogP contribution in [0.15, 0.2) is 54.7 Å². The predicted molar refractivity (Wildman–Crippen MR) is 95.9 cm³/mol. The third-order valence-electron chi connectivity index (χ3n) is 3.68. The van der Waals surface area contributed by atoms with Gasteiger partial charge in [0, 0.05) is 17.6 Å². The van der Waals surface area contributed by atoms with Crippen molar-refractivity contribution in [2.75, 3.05) is 10.6 Å². The van der Waals surface area contributed by atoms with Crippen LogP contribution in [0.2, 0.25) is 0 Å². The molecule has 2 aromatic carbocycles. The number of rotatable bonds is 4. The molecule has 2 N–H and O–H groups in total. The van der Waals surface area contributed by atoms with Gasteiger partial charge in [-0.05, 0) is 43.3 Å². The van der Waals surface area contributed by atoms with Gasteiger partial charge >= 0.3 is 6.18 Å². The van der Waals surface area contributed by atoms with Crippen molar-refractivity contribution in [2.45, 2.75) is 13.1 Å². The molecule has 3 rings (SSSR count). The number of hydrogen-bond acceptors (Lipinski definition) is 5. The molecule has 0 saturated carbocycles. The number of nitrogens with zero attached hydrogens (tertiary/aromatic N) is 3. The van der Waals surface area contributed by atoms with Crippen molar-refractivity contribution in [3.05, 3.63) is 71.4 Å². The normalized spacial score (nSPS) is 10.9. The third-order valence-corrected chi connectivity index (χ3v) is 3.68. The van der Waals surface area contributed by atoms with E-state index in [0.717, 1.165) is 11.8 Å². The molecule has 0 fully saturated rings. The van der Waals surface area contributed by atoms with Gasteiger partial charge in [-0.25, -0.2) is 4.98 Å². The summed E-state index contributed by atoms with van der Waals surface area (Å²) < 4.78 is 39.9. The highest BCUT2D eigenvalue weighted by Crippen LogP contribution is 2.35. The number of anilines is 4. The van der Waals surface area contributed by atoms with Crippen LogP contribution in [0.3, 0.4) is 0 Å². The first-order valence-electron chi connectivity index (χ1n) is 7.90. The molecule has 0 aliphatic carbocycles. The summed E-state index contributed by atoms with van der Waals surface area (Å²) in [5, 5.41) is 14.3. The number of nitriles is 1. The molecule has 0 spiro atoms. The lowest BCUT2D eigenvalue weighted by atomic mass is 10.2. The van der Waals surface area contributed by atoms with Gasteiger partial charge in [0.15, 0.2) is 0 Å². The SMILES string of the molecule is Cc1ccc(Nc2nc(Nc3ccc(C#N)cc3)ncc2C(F)(F)F)cc1. The summed E-state index contributed by atoms with van der Waals surface area (Å²) in [4.78, 5) is 7.73. The highest BCUT2D eigenvalue weighted by Gasteiger charge is 2.35. The van der Waals surface area contributed by atoms with Crippen LogP contribution in [0.4, 0.5) is 36.3 Å². The summed E-state index contributed by atoms with van der Waals surface area (Å²) >= 11 is 0. The quantitative estimate of drug-likeness (QED) is 0.664. The van der Waals surface area contributed by atoms with Gasteiger partial charge in [-0.3, -0.25) is 0 Å². The molecular formula is C19H14F3N5. The standard InChI is InChI=1S/C19H14F3N5/c1-12-2-6-14(7-3-12)25-17-16(19(20,21)22)11-24-18(27-17)26-15-8-4-13(10-23)5-9-15/h2-9,11H,1H3,(H2,24,25,26,27). The van der Waals surface area contributed by atoms with Gasteiger partial charge in [0.1, 0.15) is 11.4 Å². The van der Waals surface area contributed by atoms with Gasteiger partial charge < -0.3 is 10.6 Å². The van der Waals surface area contributed by atoms with Crippen molar-refractivity contribution < 1.29 is 13.2 Å². The van der Waals surface area contributed by atoms with Gasteiger partial charge in [0.2, 0.25) is 5.95 Å². The fourth-order valence-corrected chi connectivity index (χ4v) is 2.28.